The summed E-state index contributed by atoms with van der Waals surface area (Å²) >= 11 is 0. The molecule has 1 N–H and O–H groups in total. The maximum Gasteiger partial charge on any atom is 0.266 e. The highest BCUT2D eigenvalue weighted by molar-refractivity contribution is 5.87. The number of aromatic nitrogens is 3. The first kappa shape index (κ1) is 25.0. The first-order valence-corrected chi connectivity index (χ1v) is 11.4. The average Bonchev–Trinajstić information content (AvgIpc) is 2.82. The number of nitrogens with one attached hydrogen (secondary N) is 1. The lowest BCUT2D eigenvalue weighted by Gasteiger charge is -2.31. The lowest BCUT2D eigenvalue weighted by atomic mass is 9.89. The third-order valence-corrected chi connectivity index (χ3v) is 6.57. The molecule has 1 atom stereocenters. The first-order chi connectivity index (χ1) is 16.7. The zero-order valence-corrected chi connectivity index (χ0v) is 19.3. The fourth-order valence-corrected chi connectivity index (χ4v) is 4.68. The van der Waals surface area contributed by atoms with Gasteiger partial charge in [-0.05, 0) is 44.8 Å². The van der Waals surface area contributed by atoms with Crippen molar-refractivity contribution in [2.24, 2.45) is 7.05 Å². The third kappa shape index (κ3) is 5.14. The van der Waals surface area contributed by atoms with Crippen LogP contribution in [0.2, 0.25) is 0 Å². The van der Waals surface area contributed by atoms with Crippen LogP contribution in [-0.4, -0.2) is 45.5 Å². The van der Waals surface area contributed by atoms with Gasteiger partial charge in [0.05, 0.1) is 23.5 Å². The van der Waals surface area contributed by atoms with Gasteiger partial charge in [-0.25, -0.2) is 31.9 Å². The number of alkyl halides is 4. The number of benzene rings is 1. The van der Waals surface area contributed by atoms with Crippen molar-refractivity contribution in [2.45, 2.75) is 44.6 Å². The summed E-state index contributed by atoms with van der Waals surface area (Å²) in [4.78, 5) is 23.2. The molecule has 0 saturated carbocycles. The summed E-state index contributed by atoms with van der Waals surface area (Å²) in [6.07, 6.45) is -2.95. The number of halogens is 5. The van der Waals surface area contributed by atoms with E-state index in [-0.39, 0.29) is 23.6 Å². The van der Waals surface area contributed by atoms with Gasteiger partial charge in [-0.1, -0.05) is 18.2 Å². The second kappa shape index (κ2) is 10.3. The summed E-state index contributed by atoms with van der Waals surface area (Å²) in [7, 11) is 1.59. The summed E-state index contributed by atoms with van der Waals surface area (Å²) in [5, 5.41) is 3.60. The number of hydrogen-bond acceptors (Lipinski definition) is 5. The number of anilines is 1. The molecule has 0 bridgehead atoms. The Kier molecular flexibility index (Phi) is 7.34. The highest BCUT2D eigenvalue weighted by Crippen LogP contribution is 2.32. The minimum Gasteiger partial charge on any atom is -0.363 e. The Balaban J connectivity index is 1.66. The van der Waals surface area contributed by atoms with E-state index in [9.17, 15) is 26.7 Å². The Bertz CT molecular complexity index is 1260. The van der Waals surface area contributed by atoms with Crippen LogP contribution in [0.25, 0.3) is 11.0 Å². The maximum absolute atomic E-state index is 14.7. The highest BCUT2D eigenvalue weighted by Gasteiger charge is 2.26. The van der Waals surface area contributed by atoms with Crippen LogP contribution >= 0.6 is 0 Å². The van der Waals surface area contributed by atoms with Crippen molar-refractivity contribution in [3.63, 3.8) is 0 Å². The molecule has 3 heterocycles. The monoisotopic (exact) mass is 495 g/mol. The Morgan fingerprint density at radius 2 is 1.80 bits per heavy atom. The largest absolute Gasteiger partial charge is 0.363 e. The van der Waals surface area contributed by atoms with Gasteiger partial charge in [-0.3, -0.25) is 14.3 Å². The van der Waals surface area contributed by atoms with E-state index in [2.05, 4.69) is 15.3 Å². The predicted molar refractivity (Wildman–Crippen MR) is 123 cm³/mol. The second-order valence-electron chi connectivity index (χ2n) is 8.81. The minimum absolute atomic E-state index is 0.0611. The molecule has 1 aromatic carbocycles. The number of hydrogen-bond donors (Lipinski definition) is 1. The van der Waals surface area contributed by atoms with Crippen LogP contribution < -0.4 is 10.9 Å². The Labute approximate surface area is 198 Å². The summed E-state index contributed by atoms with van der Waals surface area (Å²) in [6.45, 7) is 2.27. The van der Waals surface area contributed by atoms with E-state index in [0.717, 1.165) is 6.07 Å². The molecular formula is C24H26F5N5O. The highest BCUT2D eigenvalue weighted by atomic mass is 19.3. The van der Waals surface area contributed by atoms with Crippen molar-refractivity contribution < 1.29 is 22.0 Å². The summed E-state index contributed by atoms with van der Waals surface area (Å²) in [5.41, 5.74) is 0.0595. The van der Waals surface area contributed by atoms with Crippen molar-refractivity contribution in [3.8, 4) is 0 Å². The fourth-order valence-electron chi connectivity index (χ4n) is 4.68. The molecule has 1 aliphatic heterocycles. The maximum atomic E-state index is 14.7. The topological polar surface area (TPSA) is 63.1 Å². The van der Waals surface area contributed by atoms with Crippen LogP contribution in [0.5, 0.6) is 0 Å². The second-order valence-corrected chi connectivity index (χ2v) is 8.81. The van der Waals surface area contributed by atoms with E-state index in [0.29, 0.717) is 48.3 Å². The zero-order chi connectivity index (χ0) is 25.3. The van der Waals surface area contributed by atoms with Crippen molar-refractivity contribution in [1.82, 2.24) is 19.4 Å². The number of nitrogens with zero attached hydrogens (tertiary/aromatic N) is 4. The van der Waals surface area contributed by atoms with Crippen LogP contribution in [0.15, 0.2) is 35.4 Å². The van der Waals surface area contributed by atoms with Crippen molar-refractivity contribution in [3.05, 3.63) is 63.5 Å². The quantitative estimate of drug-likeness (QED) is 0.467. The molecule has 1 aliphatic rings. The molecular weight excluding hydrogens is 469 g/mol. The van der Waals surface area contributed by atoms with E-state index in [1.165, 1.54) is 23.0 Å². The standard InChI is InChI=1S/C24H26F5N5O/c1-13(15-4-3-5-16(20(15)27)21(28)29)32-22-18-10-17(24(35)33(2)23(18)31-12-30-22)14-6-8-34(9-7-14)11-19(25)26/h3-5,10,12-14,19,21H,6-9,11H2,1-2H3,(H,30,31,32)/t13-/m1/s1. The van der Waals surface area contributed by atoms with Crippen molar-refractivity contribution >= 4 is 16.9 Å². The number of likely N-dealkylation sites (tertiary alicyclic amines) is 1. The van der Waals surface area contributed by atoms with Crippen LogP contribution in [0.4, 0.5) is 27.8 Å². The van der Waals surface area contributed by atoms with Crippen LogP contribution in [0.3, 0.4) is 0 Å². The molecule has 3 aromatic rings. The van der Waals surface area contributed by atoms with Gasteiger partial charge in [-0.2, -0.15) is 0 Å². The van der Waals surface area contributed by atoms with Gasteiger partial charge in [0.2, 0.25) is 0 Å². The molecule has 1 fully saturated rings. The third-order valence-electron chi connectivity index (χ3n) is 6.57. The normalized spacial score (nSPS) is 16.4. The van der Waals surface area contributed by atoms with Crippen LogP contribution in [-0.2, 0) is 7.05 Å². The van der Waals surface area contributed by atoms with Gasteiger partial charge in [0, 0.05) is 18.2 Å². The SMILES string of the molecule is C[C@@H](Nc1ncnc2c1cc(C1CCN(CC(F)F)CC1)c(=O)n2C)c1cccc(C(F)F)c1F. The molecule has 35 heavy (non-hydrogen) atoms. The smallest absolute Gasteiger partial charge is 0.266 e. The molecule has 0 aliphatic carbocycles. The van der Waals surface area contributed by atoms with Gasteiger partial charge >= 0.3 is 0 Å². The van der Waals surface area contributed by atoms with E-state index in [1.807, 2.05) is 0 Å². The lowest BCUT2D eigenvalue weighted by Crippen LogP contribution is -2.37. The lowest BCUT2D eigenvalue weighted by molar-refractivity contribution is 0.0753. The fraction of sp³-hybridized carbons (Fsp3) is 0.458. The minimum atomic E-state index is -2.94. The van der Waals surface area contributed by atoms with E-state index >= 15 is 0 Å². The van der Waals surface area contributed by atoms with Gasteiger partial charge in [-0.15, -0.1) is 0 Å². The predicted octanol–water partition coefficient (Wildman–Crippen LogP) is 5.02. The Morgan fingerprint density at radius 1 is 1.11 bits per heavy atom. The number of fused-ring (bicyclic) bond motifs is 1. The molecule has 11 heteroatoms. The van der Waals surface area contributed by atoms with E-state index in [1.54, 1.807) is 24.9 Å². The first-order valence-electron chi connectivity index (χ1n) is 11.4. The summed E-state index contributed by atoms with van der Waals surface area (Å²) in [6, 6.07) is 4.84. The van der Waals surface area contributed by atoms with E-state index in [4.69, 9.17) is 0 Å². The number of aryl methyl sites for hydroxylation is 1. The van der Waals surface area contributed by atoms with E-state index < -0.39 is 30.3 Å². The molecule has 0 spiro atoms. The molecule has 1 saturated heterocycles. The van der Waals surface area contributed by atoms with Gasteiger partial charge < -0.3 is 5.32 Å². The van der Waals surface area contributed by atoms with Gasteiger partial charge in [0.1, 0.15) is 23.6 Å². The summed E-state index contributed by atoms with van der Waals surface area (Å²) in [5.74, 6) is -0.765. The Hall–Kier alpha value is -3.08. The van der Waals surface area contributed by atoms with Crippen molar-refractivity contribution in [1.29, 1.82) is 0 Å². The van der Waals surface area contributed by atoms with Crippen molar-refractivity contribution in [2.75, 3.05) is 25.0 Å². The molecule has 4 rings (SSSR count). The zero-order valence-electron chi connectivity index (χ0n) is 19.3. The van der Waals surface area contributed by atoms with Gasteiger partial charge in [0.25, 0.3) is 18.4 Å². The summed E-state index contributed by atoms with van der Waals surface area (Å²) < 4.78 is 67.8. The van der Waals surface area contributed by atoms with Gasteiger partial charge in [0.15, 0.2) is 0 Å². The number of pyridine rings is 1. The molecule has 2 aromatic heterocycles. The molecule has 0 radical (unpaired) electrons. The number of rotatable bonds is 7. The molecule has 6 nitrogen and oxygen atoms in total. The Morgan fingerprint density at radius 3 is 2.46 bits per heavy atom. The average molecular weight is 495 g/mol. The molecule has 0 unspecified atom stereocenters. The van der Waals surface area contributed by atoms with Crippen LogP contribution in [0.1, 0.15) is 54.8 Å². The van der Waals surface area contributed by atoms with Crippen LogP contribution in [0, 0.1) is 5.82 Å². The molecule has 0 amide bonds. The molecule has 188 valence electrons. The number of piperidine rings is 1.